The number of hydrogen-bond donors (Lipinski definition) is 1. The van der Waals surface area contributed by atoms with Crippen molar-refractivity contribution in [2.24, 2.45) is 0 Å². The van der Waals surface area contributed by atoms with E-state index in [-0.39, 0.29) is 5.69 Å². The molecular formula is C11H13NO3. The number of hydrogen-bond acceptors (Lipinski definition) is 3. The number of non-ortho nitro benzene ring substituents is 1. The van der Waals surface area contributed by atoms with Gasteiger partial charge in [0.2, 0.25) is 0 Å². The first kappa shape index (κ1) is 11.4. The van der Waals surface area contributed by atoms with Crippen LogP contribution in [0, 0.1) is 10.1 Å². The van der Waals surface area contributed by atoms with Crippen LogP contribution in [0.3, 0.4) is 0 Å². The van der Waals surface area contributed by atoms with Crippen molar-refractivity contribution in [3.05, 3.63) is 52.6 Å². The van der Waals surface area contributed by atoms with E-state index < -0.39 is 10.5 Å². The van der Waals surface area contributed by atoms with Crippen molar-refractivity contribution in [1.29, 1.82) is 0 Å². The van der Waals surface area contributed by atoms with E-state index >= 15 is 0 Å². The maximum Gasteiger partial charge on any atom is 0.269 e. The van der Waals surface area contributed by atoms with Gasteiger partial charge in [-0.15, -0.1) is 6.58 Å². The summed E-state index contributed by atoms with van der Waals surface area (Å²) in [5.41, 5.74) is -0.596. The first-order valence-electron chi connectivity index (χ1n) is 4.55. The topological polar surface area (TPSA) is 63.4 Å². The fourth-order valence-electron chi connectivity index (χ4n) is 1.35. The molecule has 0 radical (unpaired) electrons. The van der Waals surface area contributed by atoms with E-state index in [1.807, 2.05) is 0 Å². The Hall–Kier alpha value is -1.68. The summed E-state index contributed by atoms with van der Waals surface area (Å²) in [5.74, 6) is 0. The van der Waals surface area contributed by atoms with E-state index in [0.29, 0.717) is 12.0 Å². The van der Waals surface area contributed by atoms with Gasteiger partial charge in [0.1, 0.15) is 0 Å². The summed E-state index contributed by atoms with van der Waals surface area (Å²) in [6.07, 6.45) is 1.94. The predicted octanol–water partition coefficient (Wildman–Crippen LogP) is 2.38. The molecule has 15 heavy (non-hydrogen) atoms. The smallest absolute Gasteiger partial charge is 0.269 e. The molecule has 0 heterocycles. The molecule has 1 atom stereocenters. The van der Waals surface area contributed by atoms with Crippen LogP contribution < -0.4 is 0 Å². The minimum atomic E-state index is -1.10. The highest BCUT2D eigenvalue weighted by Gasteiger charge is 2.22. The lowest BCUT2D eigenvalue weighted by atomic mass is 9.92. The summed E-state index contributed by atoms with van der Waals surface area (Å²) in [4.78, 5) is 10.1. The van der Waals surface area contributed by atoms with E-state index in [1.165, 1.54) is 12.1 Å². The molecule has 4 nitrogen and oxygen atoms in total. The third-order valence-corrected chi connectivity index (χ3v) is 2.22. The molecule has 0 spiro atoms. The van der Waals surface area contributed by atoms with Gasteiger partial charge in [-0.1, -0.05) is 18.2 Å². The van der Waals surface area contributed by atoms with Gasteiger partial charge >= 0.3 is 0 Å². The molecule has 1 aromatic carbocycles. The molecule has 0 fully saturated rings. The zero-order valence-corrected chi connectivity index (χ0v) is 8.51. The molecule has 1 aromatic rings. The molecule has 0 bridgehead atoms. The van der Waals surface area contributed by atoms with Gasteiger partial charge in [-0.2, -0.15) is 0 Å². The van der Waals surface area contributed by atoms with Gasteiger partial charge in [0.05, 0.1) is 10.5 Å². The Kier molecular flexibility index (Phi) is 3.21. The fraction of sp³-hybridized carbons (Fsp3) is 0.273. The summed E-state index contributed by atoms with van der Waals surface area (Å²) in [6, 6.07) is 6.00. The van der Waals surface area contributed by atoms with E-state index in [9.17, 15) is 15.2 Å². The highest BCUT2D eigenvalue weighted by atomic mass is 16.6. The Morgan fingerprint density at radius 1 is 1.67 bits per heavy atom. The summed E-state index contributed by atoms with van der Waals surface area (Å²) < 4.78 is 0. The standard InChI is InChI=1S/C11H13NO3/c1-3-7-11(2,13)9-5-4-6-10(8-9)12(14)15/h3-6,8,13H,1,7H2,2H3. The lowest BCUT2D eigenvalue weighted by Gasteiger charge is -2.21. The minimum absolute atomic E-state index is 0.0168. The second kappa shape index (κ2) is 4.23. The second-order valence-electron chi connectivity index (χ2n) is 3.57. The summed E-state index contributed by atoms with van der Waals surface area (Å²) in [6.45, 7) is 5.14. The van der Waals surface area contributed by atoms with Crippen molar-refractivity contribution in [3.8, 4) is 0 Å². The normalized spacial score (nSPS) is 14.3. The maximum absolute atomic E-state index is 10.5. The van der Waals surface area contributed by atoms with Crippen LogP contribution in [0.4, 0.5) is 5.69 Å². The maximum atomic E-state index is 10.5. The third-order valence-electron chi connectivity index (χ3n) is 2.22. The zero-order valence-electron chi connectivity index (χ0n) is 8.51. The molecule has 0 aliphatic heterocycles. The van der Waals surface area contributed by atoms with E-state index in [0.717, 1.165) is 0 Å². The van der Waals surface area contributed by atoms with Gasteiger partial charge in [0.15, 0.2) is 0 Å². The van der Waals surface area contributed by atoms with Crippen LogP contribution in [0.2, 0.25) is 0 Å². The van der Waals surface area contributed by atoms with Crippen LogP contribution in [0.5, 0.6) is 0 Å². The largest absolute Gasteiger partial charge is 0.385 e. The second-order valence-corrected chi connectivity index (χ2v) is 3.57. The Balaban J connectivity index is 3.09. The van der Waals surface area contributed by atoms with E-state index in [2.05, 4.69) is 6.58 Å². The van der Waals surface area contributed by atoms with Gasteiger partial charge in [-0.3, -0.25) is 10.1 Å². The molecular weight excluding hydrogens is 194 g/mol. The van der Waals surface area contributed by atoms with Crippen molar-refractivity contribution in [3.63, 3.8) is 0 Å². The first-order chi connectivity index (χ1) is 6.97. The molecule has 80 valence electrons. The predicted molar refractivity (Wildman–Crippen MR) is 57.5 cm³/mol. The van der Waals surface area contributed by atoms with Crippen LogP contribution in [-0.4, -0.2) is 10.0 Å². The van der Waals surface area contributed by atoms with Gasteiger partial charge in [0.25, 0.3) is 5.69 Å². The number of nitro groups is 1. The molecule has 0 amide bonds. The SMILES string of the molecule is C=CCC(C)(O)c1cccc([N+](=O)[O-])c1. The van der Waals surface area contributed by atoms with Gasteiger partial charge < -0.3 is 5.11 Å². The van der Waals surface area contributed by atoms with Crippen molar-refractivity contribution in [1.82, 2.24) is 0 Å². The van der Waals surface area contributed by atoms with E-state index in [1.54, 1.807) is 25.1 Å². The average molecular weight is 207 g/mol. The monoisotopic (exact) mass is 207 g/mol. The van der Waals surface area contributed by atoms with Gasteiger partial charge in [0, 0.05) is 12.1 Å². The molecule has 0 saturated heterocycles. The van der Waals surface area contributed by atoms with Crippen LogP contribution in [0.1, 0.15) is 18.9 Å². The van der Waals surface area contributed by atoms with Gasteiger partial charge in [-0.25, -0.2) is 0 Å². The molecule has 0 aliphatic rings. The van der Waals surface area contributed by atoms with Crippen LogP contribution in [0.15, 0.2) is 36.9 Å². The van der Waals surface area contributed by atoms with Crippen molar-refractivity contribution in [2.45, 2.75) is 18.9 Å². The number of nitrogens with zero attached hydrogens (tertiary/aromatic N) is 1. The lowest BCUT2D eigenvalue weighted by molar-refractivity contribution is -0.385. The number of nitro benzene ring substituents is 1. The Bertz CT molecular complexity index is 385. The first-order valence-corrected chi connectivity index (χ1v) is 4.55. The molecule has 0 aromatic heterocycles. The quantitative estimate of drug-likeness (QED) is 0.468. The van der Waals surface area contributed by atoms with Crippen LogP contribution in [-0.2, 0) is 5.60 Å². The van der Waals surface area contributed by atoms with Crippen molar-refractivity contribution >= 4 is 5.69 Å². The molecule has 0 aliphatic carbocycles. The number of benzene rings is 1. The summed E-state index contributed by atoms with van der Waals surface area (Å²) >= 11 is 0. The zero-order chi connectivity index (χ0) is 11.5. The summed E-state index contributed by atoms with van der Waals surface area (Å²) in [5, 5.41) is 20.5. The average Bonchev–Trinajstić information content (AvgIpc) is 2.18. The van der Waals surface area contributed by atoms with Crippen LogP contribution in [0.25, 0.3) is 0 Å². The fourth-order valence-corrected chi connectivity index (χ4v) is 1.35. The molecule has 1 rings (SSSR count). The molecule has 1 N–H and O–H groups in total. The van der Waals surface area contributed by atoms with Crippen LogP contribution >= 0.6 is 0 Å². The molecule has 1 unspecified atom stereocenters. The minimum Gasteiger partial charge on any atom is -0.385 e. The Morgan fingerprint density at radius 3 is 2.87 bits per heavy atom. The van der Waals surface area contributed by atoms with Crippen molar-refractivity contribution < 1.29 is 10.0 Å². The summed E-state index contributed by atoms with van der Waals surface area (Å²) in [7, 11) is 0. The lowest BCUT2D eigenvalue weighted by Crippen LogP contribution is -2.19. The van der Waals surface area contributed by atoms with Gasteiger partial charge in [-0.05, 0) is 18.9 Å². The Labute approximate surface area is 88.0 Å². The van der Waals surface area contributed by atoms with Crippen molar-refractivity contribution in [2.75, 3.05) is 0 Å². The Morgan fingerprint density at radius 2 is 2.33 bits per heavy atom. The third kappa shape index (κ3) is 2.63. The highest BCUT2D eigenvalue weighted by molar-refractivity contribution is 5.37. The number of aliphatic hydroxyl groups is 1. The highest BCUT2D eigenvalue weighted by Crippen LogP contribution is 2.27. The molecule has 4 heteroatoms. The number of rotatable bonds is 4. The van der Waals surface area contributed by atoms with E-state index in [4.69, 9.17) is 0 Å². The molecule has 0 saturated carbocycles.